The summed E-state index contributed by atoms with van der Waals surface area (Å²) in [6.07, 6.45) is 2.48. The molecule has 2 aliphatic rings. The van der Waals surface area contributed by atoms with Gasteiger partial charge in [0.05, 0.1) is 0 Å². The number of likely N-dealkylation sites (tertiary alicyclic amines) is 2. The van der Waals surface area contributed by atoms with Gasteiger partial charge >= 0.3 is 6.09 Å². The number of carbonyl (C=O) groups is 2. The zero-order chi connectivity index (χ0) is 10.8. The molecule has 2 heterocycles. The number of hydrogen-bond acceptors (Lipinski definition) is 2. The van der Waals surface area contributed by atoms with Crippen LogP contribution in [0.2, 0.25) is 0 Å². The van der Waals surface area contributed by atoms with Gasteiger partial charge in [0.1, 0.15) is 0 Å². The van der Waals surface area contributed by atoms with Crippen LogP contribution in [-0.2, 0) is 4.79 Å². The van der Waals surface area contributed by atoms with Gasteiger partial charge in [-0.3, -0.25) is 4.79 Å². The number of nitrogens with zero attached hydrogens (tertiary/aromatic N) is 2. The molecular formula is C10H16N2O3. The van der Waals surface area contributed by atoms with E-state index in [0.717, 1.165) is 25.8 Å². The number of hydrogen-bond donors (Lipinski definition) is 1. The molecule has 0 radical (unpaired) electrons. The maximum atomic E-state index is 11.5. The van der Waals surface area contributed by atoms with E-state index in [9.17, 15) is 9.59 Å². The van der Waals surface area contributed by atoms with Crippen molar-refractivity contribution < 1.29 is 14.7 Å². The summed E-state index contributed by atoms with van der Waals surface area (Å²) in [6, 6.07) is 0.116. The molecule has 2 fully saturated rings. The van der Waals surface area contributed by atoms with Crippen molar-refractivity contribution in [3.05, 3.63) is 0 Å². The van der Waals surface area contributed by atoms with Crippen molar-refractivity contribution in [2.24, 2.45) is 0 Å². The molecule has 0 aliphatic carbocycles. The minimum absolute atomic E-state index is 0.116. The van der Waals surface area contributed by atoms with E-state index >= 15 is 0 Å². The molecule has 1 atom stereocenters. The first-order chi connectivity index (χ1) is 7.18. The Morgan fingerprint density at radius 1 is 1.33 bits per heavy atom. The highest BCUT2D eigenvalue weighted by molar-refractivity contribution is 5.78. The van der Waals surface area contributed by atoms with E-state index in [-0.39, 0.29) is 11.9 Å². The third kappa shape index (κ3) is 2.06. The second kappa shape index (κ2) is 4.08. The molecule has 2 saturated heterocycles. The van der Waals surface area contributed by atoms with Crippen molar-refractivity contribution in [3.8, 4) is 0 Å². The highest BCUT2D eigenvalue weighted by atomic mass is 16.4. The van der Waals surface area contributed by atoms with E-state index in [1.807, 2.05) is 4.90 Å². The average Bonchev–Trinajstić information content (AvgIpc) is 2.64. The van der Waals surface area contributed by atoms with E-state index in [2.05, 4.69) is 0 Å². The van der Waals surface area contributed by atoms with Crippen LogP contribution < -0.4 is 0 Å². The molecule has 0 saturated carbocycles. The lowest BCUT2D eigenvalue weighted by molar-refractivity contribution is -0.130. The van der Waals surface area contributed by atoms with Crippen LogP contribution >= 0.6 is 0 Å². The molecule has 1 N–H and O–H groups in total. The Labute approximate surface area is 88.6 Å². The molecular weight excluding hydrogens is 196 g/mol. The van der Waals surface area contributed by atoms with E-state index in [4.69, 9.17) is 5.11 Å². The Morgan fingerprint density at radius 2 is 2.13 bits per heavy atom. The lowest BCUT2D eigenvalue weighted by atomic mass is 10.0. The molecule has 5 nitrogen and oxygen atoms in total. The Hall–Kier alpha value is -1.26. The predicted molar refractivity (Wildman–Crippen MR) is 53.6 cm³/mol. The van der Waals surface area contributed by atoms with Crippen LogP contribution in [0.5, 0.6) is 0 Å². The molecule has 0 bridgehead atoms. The fraction of sp³-hybridized carbons (Fsp3) is 0.800. The van der Waals surface area contributed by atoms with Crippen LogP contribution in [0.1, 0.15) is 25.7 Å². The first-order valence-electron chi connectivity index (χ1n) is 5.46. The normalized spacial score (nSPS) is 27.2. The van der Waals surface area contributed by atoms with Gasteiger partial charge in [-0.2, -0.15) is 0 Å². The van der Waals surface area contributed by atoms with Crippen LogP contribution in [0.4, 0.5) is 4.79 Å². The largest absolute Gasteiger partial charge is 0.465 e. The van der Waals surface area contributed by atoms with Gasteiger partial charge in [0.15, 0.2) is 0 Å². The summed E-state index contributed by atoms with van der Waals surface area (Å²) in [5, 5.41) is 8.89. The number of carboxylic acid groups (broad SMARTS) is 1. The van der Waals surface area contributed by atoms with E-state index < -0.39 is 6.09 Å². The Balaban J connectivity index is 1.97. The maximum absolute atomic E-state index is 11.5. The lowest BCUT2D eigenvalue weighted by Crippen LogP contribution is -2.49. The summed E-state index contributed by atoms with van der Waals surface area (Å²) < 4.78 is 0. The SMILES string of the molecule is O=C(O)N1CCC[C@H](N2CCCC2=O)C1. The highest BCUT2D eigenvalue weighted by Crippen LogP contribution is 2.21. The van der Waals surface area contributed by atoms with Gasteiger partial charge < -0.3 is 14.9 Å². The van der Waals surface area contributed by atoms with E-state index in [1.54, 1.807) is 0 Å². The average molecular weight is 212 g/mol. The van der Waals surface area contributed by atoms with Crippen molar-refractivity contribution in [3.63, 3.8) is 0 Å². The van der Waals surface area contributed by atoms with Gasteiger partial charge in [-0.05, 0) is 19.3 Å². The summed E-state index contributed by atoms with van der Waals surface area (Å²) >= 11 is 0. The van der Waals surface area contributed by atoms with Gasteiger partial charge in [0.25, 0.3) is 0 Å². The lowest BCUT2D eigenvalue weighted by Gasteiger charge is -2.36. The van der Waals surface area contributed by atoms with Crippen LogP contribution in [0.25, 0.3) is 0 Å². The molecule has 2 rings (SSSR count). The first kappa shape index (κ1) is 10.3. The molecule has 2 amide bonds. The second-order valence-electron chi connectivity index (χ2n) is 4.22. The van der Waals surface area contributed by atoms with Crippen molar-refractivity contribution in [1.29, 1.82) is 0 Å². The fourth-order valence-electron chi connectivity index (χ4n) is 2.44. The summed E-state index contributed by atoms with van der Waals surface area (Å²) in [5.74, 6) is 0.187. The molecule has 84 valence electrons. The third-order valence-electron chi connectivity index (χ3n) is 3.22. The van der Waals surface area contributed by atoms with E-state index in [0.29, 0.717) is 19.5 Å². The topological polar surface area (TPSA) is 60.9 Å². The Kier molecular flexibility index (Phi) is 2.79. The van der Waals surface area contributed by atoms with Crippen LogP contribution in [-0.4, -0.2) is 52.6 Å². The van der Waals surface area contributed by atoms with Gasteiger partial charge in [0.2, 0.25) is 5.91 Å². The van der Waals surface area contributed by atoms with Gasteiger partial charge in [-0.15, -0.1) is 0 Å². The second-order valence-corrected chi connectivity index (χ2v) is 4.22. The molecule has 0 spiro atoms. The Bertz CT molecular complexity index is 280. The minimum Gasteiger partial charge on any atom is -0.465 e. The number of carbonyl (C=O) groups excluding carboxylic acids is 1. The van der Waals surface area contributed by atoms with Crippen molar-refractivity contribution in [2.75, 3.05) is 19.6 Å². The third-order valence-corrected chi connectivity index (χ3v) is 3.22. The summed E-state index contributed by atoms with van der Waals surface area (Å²) in [7, 11) is 0. The smallest absolute Gasteiger partial charge is 0.407 e. The molecule has 0 aromatic carbocycles. The summed E-state index contributed by atoms with van der Waals surface area (Å²) in [5.41, 5.74) is 0. The Morgan fingerprint density at radius 3 is 2.73 bits per heavy atom. The number of amides is 2. The maximum Gasteiger partial charge on any atom is 0.407 e. The van der Waals surface area contributed by atoms with Crippen LogP contribution in [0.3, 0.4) is 0 Å². The van der Waals surface area contributed by atoms with Crippen molar-refractivity contribution in [2.45, 2.75) is 31.7 Å². The van der Waals surface area contributed by atoms with Crippen LogP contribution in [0, 0.1) is 0 Å². The van der Waals surface area contributed by atoms with Gasteiger partial charge in [-0.25, -0.2) is 4.79 Å². The monoisotopic (exact) mass is 212 g/mol. The molecule has 15 heavy (non-hydrogen) atoms. The predicted octanol–water partition coefficient (Wildman–Crippen LogP) is 0.751. The minimum atomic E-state index is -0.869. The fourth-order valence-corrected chi connectivity index (χ4v) is 2.44. The van der Waals surface area contributed by atoms with E-state index in [1.165, 1.54) is 4.90 Å². The molecule has 0 aromatic heterocycles. The summed E-state index contributed by atoms with van der Waals surface area (Å²) in [6.45, 7) is 1.89. The number of piperidine rings is 1. The zero-order valence-electron chi connectivity index (χ0n) is 8.69. The molecule has 5 heteroatoms. The van der Waals surface area contributed by atoms with Crippen molar-refractivity contribution in [1.82, 2.24) is 9.80 Å². The standard InChI is InChI=1S/C10H16N2O3/c13-9-4-2-6-12(9)8-3-1-5-11(7-8)10(14)15/h8H,1-7H2,(H,14,15)/t8-/m0/s1. The van der Waals surface area contributed by atoms with Gasteiger partial charge in [-0.1, -0.05) is 0 Å². The zero-order valence-corrected chi connectivity index (χ0v) is 8.69. The van der Waals surface area contributed by atoms with Crippen molar-refractivity contribution >= 4 is 12.0 Å². The quantitative estimate of drug-likeness (QED) is 0.697. The highest BCUT2D eigenvalue weighted by Gasteiger charge is 2.32. The van der Waals surface area contributed by atoms with Gasteiger partial charge in [0, 0.05) is 32.1 Å². The first-order valence-corrected chi connectivity index (χ1v) is 5.46. The molecule has 2 aliphatic heterocycles. The summed E-state index contributed by atoms with van der Waals surface area (Å²) in [4.78, 5) is 25.6. The van der Waals surface area contributed by atoms with Crippen LogP contribution in [0.15, 0.2) is 0 Å². The molecule has 0 unspecified atom stereocenters. The number of rotatable bonds is 1. The molecule has 0 aromatic rings.